The third-order valence-corrected chi connectivity index (χ3v) is 7.55. The minimum absolute atomic E-state index is 0.395. The molecule has 1 N–H and O–H groups in total. The number of nitrogens with zero attached hydrogens (tertiary/aromatic N) is 5. The van der Waals surface area contributed by atoms with E-state index in [1.807, 2.05) is 37.7 Å². The molecule has 5 rings (SSSR count). The van der Waals surface area contributed by atoms with E-state index < -0.39 is 0 Å². The number of aromatic nitrogens is 5. The van der Waals surface area contributed by atoms with Crippen LogP contribution in [-0.2, 0) is 13.0 Å². The molecular formula is C30H33ClN6. The van der Waals surface area contributed by atoms with Crippen LogP contribution in [-0.4, -0.2) is 31.3 Å². The van der Waals surface area contributed by atoms with Gasteiger partial charge >= 0.3 is 0 Å². The highest BCUT2D eigenvalue weighted by Crippen LogP contribution is 2.37. The molecule has 0 aliphatic carbocycles. The van der Waals surface area contributed by atoms with E-state index in [1.165, 1.54) is 11.1 Å². The number of benzene rings is 1. The monoisotopic (exact) mass is 512 g/mol. The number of rotatable bonds is 6. The summed E-state index contributed by atoms with van der Waals surface area (Å²) in [6.45, 7) is 16.5. The van der Waals surface area contributed by atoms with E-state index in [-0.39, 0.29) is 0 Å². The Morgan fingerprint density at radius 2 is 1.84 bits per heavy atom. The summed E-state index contributed by atoms with van der Waals surface area (Å²) >= 11 is 6.57. The Morgan fingerprint density at radius 1 is 1.14 bits per heavy atom. The molecule has 0 radical (unpaired) electrons. The average molecular weight is 513 g/mol. The summed E-state index contributed by atoms with van der Waals surface area (Å²) in [6, 6.07) is 8.38. The Hall–Kier alpha value is -3.64. The molecule has 190 valence electrons. The highest BCUT2D eigenvalue weighted by atomic mass is 35.5. The van der Waals surface area contributed by atoms with Crippen LogP contribution in [0.25, 0.3) is 16.3 Å². The molecule has 0 bridgehead atoms. The second kappa shape index (κ2) is 10.0. The molecule has 1 aliphatic rings. The summed E-state index contributed by atoms with van der Waals surface area (Å²) in [6.07, 6.45) is 8.48. The van der Waals surface area contributed by atoms with Gasteiger partial charge in [0.2, 0.25) is 5.95 Å². The summed E-state index contributed by atoms with van der Waals surface area (Å²) in [7, 11) is 0. The van der Waals surface area contributed by atoms with Crippen LogP contribution in [0.4, 0.5) is 5.95 Å². The van der Waals surface area contributed by atoms with Gasteiger partial charge in [0.15, 0.2) is 0 Å². The van der Waals surface area contributed by atoms with E-state index in [9.17, 15) is 0 Å². The summed E-state index contributed by atoms with van der Waals surface area (Å²) < 4.78 is 2.09. The van der Waals surface area contributed by atoms with E-state index in [2.05, 4.69) is 67.0 Å². The van der Waals surface area contributed by atoms with Gasteiger partial charge in [0, 0.05) is 54.8 Å². The van der Waals surface area contributed by atoms with E-state index in [0.717, 1.165) is 63.9 Å². The largest absolute Gasteiger partial charge is 0.360 e. The molecule has 0 saturated carbocycles. The first-order chi connectivity index (χ1) is 17.8. The molecule has 0 unspecified atom stereocenters. The van der Waals surface area contributed by atoms with Crippen LogP contribution < -0.4 is 4.90 Å². The maximum Gasteiger partial charge on any atom is 0.225 e. The van der Waals surface area contributed by atoms with Crippen molar-refractivity contribution in [2.24, 2.45) is 0 Å². The fourth-order valence-electron chi connectivity index (χ4n) is 5.04. The van der Waals surface area contributed by atoms with Gasteiger partial charge in [-0.25, -0.2) is 14.6 Å². The maximum atomic E-state index is 6.57. The van der Waals surface area contributed by atoms with Gasteiger partial charge in [-0.3, -0.25) is 0 Å². The maximum absolute atomic E-state index is 6.57. The van der Waals surface area contributed by atoms with Gasteiger partial charge in [0.25, 0.3) is 0 Å². The lowest BCUT2D eigenvalue weighted by Crippen LogP contribution is -2.32. The lowest BCUT2D eigenvalue weighted by molar-refractivity contribution is 0.692. The molecule has 1 aromatic carbocycles. The number of anilines is 1. The molecule has 0 spiro atoms. The van der Waals surface area contributed by atoms with Crippen molar-refractivity contribution in [1.29, 1.82) is 0 Å². The lowest BCUT2D eigenvalue weighted by Gasteiger charge is -2.27. The Kier molecular flexibility index (Phi) is 6.78. The number of H-pyrrole nitrogens is 1. The van der Waals surface area contributed by atoms with Crippen LogP contribution in [0.3, 0.4) is 0 Å². The number of aryl methyl sites for hydroxylation is 2. The zero-order valence-corrected chi connectivity index (χ0v) is 22.9. The van der Waals surface area contributed by atoms with Crippen molar-refractivity contribution in [3.63, 3.8) is 0 Å². The highest BCUT2D eigenvalue weighted by Gasteiger charge is 2.30. The third kappa shape index (κ3) is 4.51. The van der Waals surface area contributed by atoms with Crippen LogP contribution in [0.2, 0.25) is 0 Å². The standard InChI is InChI=1S/C30H33ClN6/c1-7-25(31)27-23(11-13-32-27)21(6)29-24-17-36(30-33-15-22(16-34-30)18(2)3)14-12-26(24)35-37(29)28-19(4)9-8-10-20(28)5/h7-11,13,15-16,18,32H,6,12,14,17H2,1-5H3/b25-7+. The fourth-order valence-corrected chi connectivity index (χ4v) is 5.20. The molecular weight excluding hydrogens is 480 g/mol. The molecule has 0 amide bonds. The van der Waals surface area contributed by atoms with Crippen LogP contribution in [0.15, 0.2) is 55.5 Å². The summed E-state index contributed by atoms with van der Waals surface area (Å²) in [5, 5.41) is 5.82. The van der Waals surface area contributed by atoms with E-state index in [0.29, 0.717) is 17.5 Å². The summed E-state index contributed by atoms with van der Waals surface area (Å²) in [4.78, 5) is 14.9. The molecule has 0 atom stereocenters. The van der Waals surface area contributed by atoms with Gasteiger partial charge in [0.05, 0.1) is 27.8 Å². The average Bonchev–Trinajstić information content (AvgIpc) is 3.53. The molecule has 4 aromatic rings. The normalized spacial score (nSPS) is 13.8. The molecule has 4 heterocycles. The van der Waals surface area contributed by atoms with Crippen LogP contribution >= 0.6 is 11.6 Å². The topological polar surface area (TPSA) is 62.6 Å². The number of aromatic amines is 1. The van der Waals surface area contributed by atoms with Crippen molar-refractivity contribution in [1.82, 2.24) is 24.7 Å². The zero-order chi connectivity index (χ0) is 26.3. The van der Waals surface area contributed by atoms with Crippen molar-refractivity contribution in [3.8, 4) is 5.69 Å². The van der Waals surface area contributed by atoms with Crippen LogP contribution in [0.5, 0.6) is 0 Å². The number of para-hydroxylation sites is 1. The minimum atomic E-state index is 0.395. The van der Waals surface area contributed by atoms with Gasteiger partial charge < -0.3 is 9.88 Å². The Bertz CT molecular complexity index is 1470. The van der Waals surface area contributed by atoms with Gasteiger partial charge in [-0.15, -0.1) is 0 Å². The second-order valence-corrected chi connectivity index (χ2v) is 10.4. The van der Waals surface area contributed by atoms with E-state index >= 15 is 0 Å². The smallest absolute Gasteiger partial charge is 0.225 e. The predicted octanol–water partition coefficient (Wildman–Crippen LogP) is 6.95. The molecule has 0 saturated heterocycles. The molecule has 3 aromatic heterocycles. The molecule has 7 heteroatoms. The quantitative estimate of drug-likeness (QED) is 0.303. The molecule has 1 aliphatic heterocycles. The van der Waals surface area contributed by atoms with Gasteiger partial charge in [-0.1, -0.05) is 56.3 Å². The number of hydrogen-bond donors (Lipinski definition) is 1. The lowest BCUT2D eigenvalue weighted by atomic mass is 9.96. The number of fused-ring (bicyclic) bond motifs is 1. The van der Waals surface area contributed by atoms with E-state index in [1.54, 1.807) is 0 Å². The predicted molar refractivity (Wildman–Crippen MR) is 152 cm³/mol. The minimum Gasteiger partial charge on any atom is -0.360 e. The summed E-state index contributed by atoms with van der Waals surface area (Å²) in [5.41, 5.74) is 10.5. The molecule has 37 heavy (non-hydrogen) atoms. The van der Waals surface area contributed by atoms with Crippen LogP contribution in [0, 0.1) is 13.8 Å². The van der Waals surface area contributed by atoms with Crippen LogP contribution in [0.1, 0.15) is 71.6 Å². The first-order valence-electron chi connectivity index (χ1n) is 12.7. The Morgan fingerprint density at radius 3 is 2.49 bits per heavy atom. The van der Waals surface area contributed by atoms with Gasteiger partial charge in [-0.2, -0.15) is 5.10 Å². The zero-order valence-electron chi connectivity index (χ0n) is 22.1. The number of allylic oxidation sites excluding steroid dienone is 1. The van der Waals surface area contributed by atoms with Crippen molar-refractivity contribution >= 4 is 28.2 Å². The first kappa shape index (κ1) is 25.0. The first-order valence-corrected chi connectivity index (χ1v) is 13.1. The van der Waals surface area contributed by atoms with Crippen molar-refractivity contribution in [2.45, 2.75) is 53.5 Å². The van der Waals surface area contributed by atoms with Crippen molar-refractivity contribution in [3.05, 3.63) is 100 Å². The summed E-state index contributed by atoms with van der Waals surface area (Å²) in [5.74, 6) is 1.14. The number of hydrogen-bond acceptors (Lipinski definition) is 4. The second-order valence-electron chi connectivity index (χ2n) is 9.95. The fraction of sp³-hybridized carbons (Fsp3) is 0.300. The molecule has 6 nitrogen and oxygen atoms in total. The van der Waals surface area contributed by atoms with Crippen molar-refractivity contribution < 1.29 is 0 Å². The Labute approximate surface area is 223 Å². The third-order valence-electron chi connectivity index (χ3n) is 7.14. The van der Waals surface area contributed by atoms with E-state index in [4.69, 9.17) is 26.7 Å². The van der Waals surface area contributed by atoms with Crippen molar-refractivity contribution in [2.75, 3.05) is 11.4 Å². The van der Waals surface area contributed by atoms with Gasteiger partial charge in [-0.05, 0) is 49.4 Å². The Balaban J connectivity index is 1.65. The number of nitrogens with one attached hydrogen (secondary N) is 1. The highest BCUT2D eigenvalue weighted by molar-refractivity contribution is 6.48. The SMILES string of the molecule is C=C(c1cc[nH]c1/C(Cl)=C\C)c1c2c(nn1-c1c(C)cccc1C)CCN(c1ncc(C(C)C)cn1)C2. The molecule has 0 fully saturated rings. The number of halogens is 1. The van der Waals surface area contributed by atoms with Gasteiger partial charge in [0.1, 0.15) is 0 Å².